The lowest BCUT2D eigenvalue weighted by Gasteiger charge is -2.20. The second-order valence-electron chi connectivity index (χ2n) is 5.07. The van der Waals surface area contributed by atoms with Gasteiger partial charge in [0, 0.05) is 21.6 Å². The molecule has 1 aliphatic rings. The number of halogens is 3. The van der Waals surface area contributed by atoms with Crippen LogP contribution in [0.5, 0.6) is 11.5 Å². The first-order chi connectivity index (χ1) is 11.0. The van der Waals surface area contributed by atoms with Crippen LogP contribution in [0.4, 0.5) is 4.39 Å². The van der Waals surface area contributed by atoms with Crippen molar-refractivity contribution >= 4 is 34.0 Å². The van der Waals surface area contributed by atoms with Crippen LogP contribution in [0.1, 0.15) is 11.1 Å². The Hall–Kier alpha value is -1.30. The summed E-state index contributed by atoms with van der Waals surface area (Å²) in [6, 6.07) is 7.57. The van der Waals surface area contributed by atoms with Gasteiger partial charge in [-0.15, -0.1) is 0 Å². The number of rotatable bonds is 4. The largest absolute Gasteiger partial charge is 0.486 e. The molecule has 0 saturated heterocycles. The summed E-state index contributed by atoms with van der Waals surface area (Å²) in [6.45, 7) is 0.919. The number of fused-ring (bicyclic) bond motifs is 1. The topological polar surface area (TPSA) is 35.5 Å². The van der Waals surface area contributed by atoms with E-state index in [1.165, 1.54) is 12.1 Å². The lowest BCUT2D eigenvalue weighted by Crippen LogP contribution is -2.16. The quantitative estimate of drug-likeness (QED) is 0.797. The Bertz CT molecular complexity index is 767. The zero-order chi connectivity index (χ0) is 16.4. The van der Waals surface area contributed by atoms with E-state index in [0.29, 0.717) is 41.1 Å². The Labute approximate surface area is 145 Å². The summed E-state index contributed by atoms with van der Waals surface area (Å²) >= 11 is 12.1. The van der Waals surface area contributed by atoms with Crippen molar-refractivity contribution in [3.8, 4) is 11.5 Å². The predicted octanol–water partition coefficient (Wildman–Crippen LogP) is 4.35. The molecule has 0 bridgehead atoms. The summed E-state index contributed by atoms with van der Waals surface area (Å²) in [4.78, 5) is 0. The third kappa shape index (κ3) is 3.97. The van der Waals surface area contributed by atoms with E-state index in [2.05, 4.69) is 0 Å². The van der Waals surface area contributed by atoms with Crippen LogP contribution >= 0.6 is 23.2 Å². The minimum atomic E-state index is -1.21. The van der Waals surface area contributed by atoms with Crippen molar-refractivity contribution in [2.24, 2.45) is 0 Å². The molecule has 0 amide bonds. The van der Waals surface area contributed by atoms with E-state index in [1.807, 2.05) is 0 Å². The highest BCUT2D eigenvalue weighted by Crippen LogP contribution is 2.38. The minimum absolute atomic E-state index is 0.241. The van der Waals surface area contributed by atoms with Gasteiger partial charge in [0.25, 0.3) is 0 Å². The summed E-state index contributed by atoms with van der Waals surface area (Å²) < 4.78 is 36.3. The highest BCUT2D eigenvalue weighted by Gasteiger charge is 2.17. The van der Waals surface area contributed by atoms with Gasteiger partial charge in [0.05, 0.1) is 10.8 Å². The molecule has 1 unspecified atom stereocenters. The standard InChI is InChI=1S/C16H13Cl2FO3S/c17-13-7-12(19)2-1-11(13)9-23(20)8-10-5-14(18)16-15(6-10)21-3-4-22-16/h1-2,5-7H,3-4,8-9H2. The molecule has 2 aromatic carbocycles. The molecule has 1 heterocycles. The van der Waals surface area contributed by atoms with Crippen molar-refractivity contribution in [2.45, 2.75) is 11.5 Å². The van der Waals surface area contributed by atoms with Crippen LogP contribution < -0.4 is 9.47 Å². The van der Waals surface area contributed by atoms with Crippen LogP contribution in [0.15, 0.2) is 30.3 Å². The second kappa shape index (κ2) is 7.07. The molecule has 0 saturated carbocycles. The van der Waals surface area contributed by atoms with Crippen LogP contribution in [0.25, 0.3) is 0 Å². The highest BCUT2D eigenvalue weighted by molar-refractivity contribution is 7.83. The fourth-order valence-corrected chi connectivity index (χ4v) is 4.14. The zero-order valence-electron chi connectivity index (χ0n) is 12.0. The number of hydrogen-bond acceptors (Lipinski definition) is 3. The SMILES string of the molecule is O=S(Cc1cc(Cl)c2c(c1)OCCO2)Cc1ccc(F)cc1Cl. The predicted molar refractivity (Wildman–Crippen MR) is 89.4 cm³/mol. The Morgan fingerprint density at radius 3 is 2.61 bits per heavy atom. The van der Waals surface area contributed by atoms with Gasteiger partial charge in [0.1, 0.15) is 19.0 Å². The molecule has 0 fully saturated rings. The first kappa shape index (κ1) is 16.6. The molecule has 0 N–H and O–H groups in total. The average Bonchev–Trinajstić information content (AvgIpc) is 2.50. The van der Waals surface area contributed by atoms with E-state index < -0.39 is 16.6 Å². The van der Waals surface area contributed by atoms with Crippen molar-refractivity contribution in [3.63, 3.8) is 0 Å². The molecule has 1 atom stereocenters. The normalized spacial score (nSPS) is 14.6. The maximum absolute atomic E-state index is 13.0. The fraction of sp³-hybridized carbons (Fsp3) is 0.250. The highest BCUT2D eigenvalue weighted by atomic mass is 35.5. The van der Waals surface area contributed by atoms with Gasteiger partial charge in [-0.1, -0.05) is 29.3 Å². The number of benzene rings is 2. The maximum atomic E-state index is 13.0. The first-order valence-corrected chi connectivity index (χ1v) is 9.14. The molecule has 2 aromatic rings. The molecule has 3 nitrogen and oxygen atoms in total. The Morgan fingerprint density at radius 2 is 1.83 bits per heavy atom. The fourth-order valence-electron chi connectivity index (χ4n) is 2.30. The van der Waals surface area contributed by atoms with Crippen molar-refractivity contribution in [2.75, 3.05) is 13.2 Å². The van der Waals surface area contributed by atoms with Crippen molar-refractivity contribution in [1.82, 2.24) is 0 Å². The van der Waals surface area contributed by atoms with Crippen LogP contribution in [0, 0.1) is 5.82 Å². The molecule has 0 radical (unpaired) electrons. The molecule has 0 spiro atoms. The minimum Gasteiger partial charge on any atom is -0.486 e. The molecule has 0 aromatic heterocycles. The van der Waals surface area contributed by atoms with Gasteiger partial charge < -0.3 is 9.47 Å². The van der Waals surface area contributed by atoms with Gasteiger partial charge in [-0.05, 0) is 35.4 Å². The zero-order valence-corrected chi connectivity index (χ0v) is 14.3. The molecule has 1 aliphatic heterocycles. The molecule has 3 rings (SSSR count). The summed E-state index contributed by atoms with van der Waals surface area (Å²) in [7, 11) is -1.21. The Morgan fingerprint density at radius 1 is 1.04 bits per heavy atom. The first-order valence-electron chi connectivity index (χ1n) is 6.90. The van der Waals surface area contributed by atoms with Crippen LogP contribution in [0.2, 0.25) is 10.0 Å². The third-order valence-corrected chi connectivity index (χ3v) is 5.24. The monoisotopic (exact) mass is 374 g/mol. The van der Waals surface area contributed by atoms with E-state index in [0.717, 1.165) is 5.56 Å². The van der Waals surface area contributed by atoms with Gasteiger partial charge >= 0.3 is 0 Å². The van der Waals surface area contributed by atoms with Gasteiger partial charge in [0.15, 0.2) is 11.5 Å². The van der Waals surface area contributed by atoms with Crippen LogP contribution in [-0.2, 0) is 22.3 Å². The van der Waals surface area contributed by atoms with E-state index in [9.17, 15) is 8.60 Å². The van der Waals surface area contributed by atoms with Gasteiger partial charge in [-0.2, -0.15) is 0 Å². The van der Waals surface area contributed by atoms with Gasteiger partial charge in [0.2, 0.25) is 0 Å². The number of ether oxygens (including phenoxy) is 2. The summed E-state index contributed by atoms with van der Waals surface area (Å²) in [5, 5.41) is 0.715. The molecule has 23 heavy (non-hydrogen) atoms. The van der Waals surface area contributed by atoms with E-state index in [4.69, 9.17) is 32.7 Å². The Balaban J connectivity index is 1.74. The smallest absolute Gasteiger partial charge is 0.179 e. The van der Waals surface area contributed by atoms with Gasteiger partial charge in [-0.25, -0.2) is 4.39 Å². The summed E-state index contributed by atoms with van der Waals surface area (Å²) in [6.07, 6.45) is 0. The van der Waals surface area contributed by atoms with E-state index in [-0.39, 0.29) is 10.8 Å². The van der Waals surface area contributed by atoms with Crippen molar-refractivity contribution in [3.05, 3.63) is 57.3 Å². The van der Waals surface area contributed by atoms with Crippen LogP contribution in [-0.4, -0.2) is 17.4 Å². The third-order valence-electron chi connectivity index (χ3n) is 3.32. The molecule has 122 valence electrons. The lowest BCUT2D eigenvalue weighted by atomic mass is 10.2. The summed E-state index contributed by atoms with van der Waals surface area (Å²) in [5.41, 5.74) is 1.44. The maximum Gasteiger partial charge on any atom is 0.179 e. The van der Waals surface area contributed by atoms with Gasteiger partial charge in [-0.3, -0.25) is 4.21 Å². The van der Waals surface area contributed by atoms with E-state index >= 15 is 0 Å². The van der Waals surface area contributed by atoms with Crippen LogP contribution in [0.3, 0.4) is 0 Å². The average molecular weight is 375 g/mol. The summed E-state index contributed by atoms with van der Waals surface area (Å²) in [5.74, 6) is 1.21. The molecule has 0 aliphatic carbocycles. The molecular weight excluding hydrogens is 362 g/mol. The lowest BCUT2D eigenvalue weighted by molar-refractivity contribution is 0.171. The molecular formula is C16H13Cl2FO3S. The van der Waals surface area contributed by atoms with E-state index in [1.54, 1.807) is 18.2 Å². The molecule has 7 heteroatoms. The Kier molecular flexibility index (Phi) is 5.09. The van der Waals surface area contributed by atoms with Crippen molar-refractivity contribution in [1.29, 1.82) is 0 Å². The van der Waals surface area contributed by atoms with Crippen molar-refractivity contribution < 1.29 is 18.1 Å². The second-order valence-corrected chi connectivity index (χ2v) is 7.34. The number of hydrogen-bond donors (Lipinski definition) is 0.